The summed E-state index contributed by atoms with van der Waals surface area (Å²) in [6.07, 6.45) is 0.424. The third-order valence-electron chi connectivity index (χ3n) is 11.8. The van der Waals surface area contributed by atoms with E-state index in [1.165, 1.54) is 24.9 Å². The SMILES string of the molecule is COc1ccc(CNC(=O)[C@@H](COCCOCCOCCN2CC(COCCOCCOc3ccc(NC(=O)NC4NC(CC(=O)N5CCN(C)CC5)CS4)cc3)NN2)SC2NC(=O)NCC2C)c(F)c1. The smallest absolute Gasteiger partial charge is 0.321 e. The van der Waals surface area contributed by atoms with E-state index in [4.69, 9.17) is 33.2 Å². The fourth-order valence-corrected chi connectivity index (χ4v) is 9.98. The van der Waals surface area contributed by atoms with Crippen LogP contribution >= 0.6 is 23.5 Å². The molecule has 2 aromatic carbocycles. The molecular formula is C46H72FN11O11S2. The van der Waals surface area contributed by atoms with Crippen molar-refractivity contribution in [3.05, 3.63) is 53.8 Å². The predicted molar refractivity (Wildman–Crippen MR) is 267 cm³/mol. The Morgan fingerprint density at radius 3 is 2.34 bits per heavy atom. The summed E-state index contributed by atoms with van der Waals surface area (Å²) in [7, 11) is 3.52. The van der Waals surface area contributed by atoms with Gasteiger partial charge in [0, 0.05) is 93.8 Å². The minimum absolute atomic E-state index is 0.00761. The number of methoxy groups -OCH3 is 1. The Morgan fingerprint density at radius 1 is 0.887 bits per heavy atom. The van der Waals surface area contributed by atoms with Crippen LogP contribution in [0.4, 0.5) is 19.7 Å². The molecule has 8 N–H and O–H groups in total. The maximum atomic E-state index is 14.5. The fraction of sp³-hybridized carbons (Fsp3) is 0.652. The number of urea groups is 2. The summed E-state index contributed by atoms with van der Waals surface area (Å²) >= 11 is 2.88. The molecule has 0 radical (unpaired) electrons. The van der Waals surface area contributed by atoms with Crippen molar-refractivity contribution in [1.82, 2.24) is 52.4 Å². The molecule has 6 rings (SSSR count). The van der Waals surface area contributed by atoms with E-state index < -0.39 is 11.1 Å². The maximum absolute atomic E-state index is 14.5. The lowest BCUT2D eigenvalue weighted by Gasteiger charge is -2.33. The number of benzene rings is 2. The van der Waals surface area contributed by atoms with Crippen LogP contribution in [0.5, 0.6) is 11.5 Å². The van der Waals surface area contributed by atoms with Gasteiger partial charge >= 0.3 is 12.1 Å². The van der Waals surface area contributed by atoms with Crippen molar-refractivity contribution in [2.75, 3.05) is 144 Å². The van der Waals surface area contributed by atoms with Gasteiger partial charge in [-0.05, 0) is 37.4 Å². The number of likely N-dealkylation sites (N-methyl/N-ethyl adjacent to an activating group) is 1. The lowest BCUT2D eigenvalue weighted by atomic mass is 10.1. The zero-order valence-electron chi connectivity index (χ0n) is 40.9. The largest absolute Gasteiger partial charge is 0.497 e. The van der Waals surface area contributed by atoms with E-state index in [9.17, 15) is 23.6 Å². The van der Waals surface area contributed by atoms with Crippen LogP contribution in [0.15, 0.2) is 42.5 Å². The molecule has 4 aliphatic heterocycles. The van der Waals surface area contributed by atoms with E-state index in [-0.39, 0.29) is 72.5 Å². The van der Waals surface area contributed by atoms with Crippen molar-refractivity contribution < 1.29 is 56.7 Å². The number of hydrogen-bond donors (Lipinski definition) is 8. The number of halogens is 1. The maximum Gasteiger partial charge on any atom is 0.321 e. The van der Waals surface area contributed by atoms with E-state index in [1.807, 2.05) is 16.8 Å². The second-order valence-corrected chi connectivity index (χ2v) is 19.9. The molecule has 4 aliphatic rings. The second-order valence-electron chi connectivity index (χ2n) is 17.4. The molecule has 71 heavy (non-hydrogen) atoms. The van der Waals surface area contributed by atoms with Crippen molar-refractivity contribution in [2.45, 2.75) is 48.1 Å². The van der Waals surface area contributed by atoms with Crippen molar-refractivity contribution in [2.24, 2.45) is 5.92 Å². The average molecular weight is 1040 g/mol. The van der Waals surface area contributed by atoms with Gasteiger partial charge in [0.2, 0.25) is 11.8 Å². The van der Waals surface area contributed by atoms with E-state index in [2.05, 4.69) is 54.8 Å². The molecule has 5 unspecified atom stereocenters. The van der Waals surface area contributed by atoms with Gasteiger partial charge in [-0.2, -0.15) is 5.53 Å². The van der Waals surface area contributed by atoms with Gasteiger partial charge in [-0.3, -0.25) is 14.9 Å². The Balaban J connectivity index is 0.721. The first kappa shape index (κ1) is 56.1. The molecule has 4 fully saturated rings. The highest BCUT2D eigenvalue weighted by molar-refractivity contribution is 8.01. The monoisotopic (exact) mass is 1040 g/mol. The summed E-state index contributed by atoms with van der Waals surface area (Å²) < 4.78 is 54.0. The first-order chi connectivity index (χ1) is 34.5. The summed E-state index contributed by atoms with van der Waals surface area (Å²) in [5.74, 6) is 1.21. The van der Waals surface area contributed by atoms with Crippen molar-refractivity contribution in [3.63, 3.8) is 0 Å². The number of hydrogen-bond acceptors (Lipinski definition) is 18. The first-order valence-electron chi connectivity index (χ1n) is 24.1. The number of rotatable bonds is 30. The summed E-state index contributed by atoms with van der Waals surface area (Å²) in [5, 5.41) is 18.6. The molecule has 0 aromatic heterocycles. The number of nitrogens with zero attached hydrogens (tertiary/aromatic N) is 3. The topological polar surface area (TPSA) is 239 Å². The van der Waals surface area contributed by atoms with Crippen molar-refractivity contribution >= 4 is 53.1 Å². The molecule has 0 aliphatic carbocycles. The van der Waals surface area contributed by atoms with Crippen LogP contribution in [-0.4, -0.2) is 205 Å². The number of carbonyl (C=O) groups excluding carboxylic acids is 4. The molecule has 4 saturated heterocycles. The summed E-state index contributed by atoms with van der Waals surface area (Å²) in [5.41, 5.74) is 7.04. The lowest BCUT2D eigenvalue weighted by molar-refractivity contribution is -0.133. The van der Waals surface area contributed by atoms with E-state index in [0.717, 1.165) is 38.5 Å². The van der Waals surface area contributed by atoms with Gasteiger partial charge in [-0.25, -0.2) is 24.4 Å². The quantitative estimate of drug-likeness (QED) is 0.0509. The number of thioether (sulfide) groups is 2. The number of anilines is 1. The van der Waals surface area contributed by atoms with Crippen LogP contribution in [0, 0.1) is 11.7 Å². The Bertz CT molecular complexity index is 1950. The van der Waals surface area contributed by atoms with Gasteiger partial charge in [0.15, 0.2) is 0 Å². The van der Waals surface area contributed by atoms with Gasteiger partial charge < -0.3 is 69.5 Å². The van der Waals surface area contributed by atoms with Gasteiger partial charge in [0.25, 0.3) is 0 Å². The van der Waals surface area contributed by atoms with Crippen LogP contribution in [0.2, 0.25) is 0 Å². The molecule has 6 atom stereocenters. The summed E-state index contributed by atoms with van der Waals surface area (Å²) in [6.45, 7) is 11.2. The van der Waals surface area contributed by atoms with E-state index in [0.29, 0.717) is 102 Å². The third kappa shape index (κ3) is 20.3. The van der Waals surface area contributed by atoms with Crippen LogP contribution in [0.1, 0.15) is 18.9 Å². The Hall–Kier alpha value is -4.25. The van der Waals surface area contributed by atoms with Crippen LogP contribution in [-0.2, 0) is 39.8 Å². The number of amides is 6. The molecule has 6 amide bonds. The molecule has 396 valence electrons. The van der Waals surface area contributed by atoms with Crippen LogP contribution in [0.25, 0.3) is 0 Å². The fourth-order valence-electron chi connectivity index (χ4n) is 7.59. The van der Waals surface area contributed by atoms with Gasteiger partial charge in [-0.1, -0.05) is 13.0 Å². The molecule has 4 heterocycles. The van der Waals surface area contributed by atoms with E-state index >= 15 is 0 Å². The zero-order valence-corrected chi connectivity index (χ0v) is 42.5. The molecule has 0 saturated carbocycles. The molecule has 2 aromatic rings. The molecular weight excluding hydrogens is 966 g/mol. The average Bonchev–Trinajstić information content (AvgIpc) is 4.02. The van der Waals surface area contributed by atoms with Gasteiger partial charge in [0.1, 0.15) is 34.7 Å². The number of carbonyl (C=O) groups is 4. The Morgan fingerprint density at radius 2 is 1.59 bits per heavy atom. The van der Waals surface area contributed by atoms with E-state index in [1.54, 1.807) is 48.2 Å². The molecule has 22 nitrogen and oxygen atoms in total. The normalized spacial score (nSPS) is 22.1. The van der Waals surface area contributed by atoms with Crippen molar-refractivity contribution in [1.29, 1.82) is 0 Å². The van der Waals surface area contributed by atoms with Gasteiger partial charge in [0.05, 0.1) is 84.6 Å². The minimum atomic E-state index is -0.657. The first-order valence-corrected chi connectivity index (χ1v) is 26.1. The minimum Gasteiger partial charge on any atom is -0.497 e. The Labute approximate surface area is 423 Å². The second kappa shape index (κ2) is 30.7. The standard InChI is InChI=1S/C46H72FN11O11S2/c1-32-26-49-44(61)52-43(32)71-40(42(60)48-27-33-4-7-38(63-3)25-39(33)47)30-68-21-19-65-17-16-64-15-14-58-28-36(54-55-58)29-67-20-18-66-22-23-69-37-8-5-34(6-9-37)50-45(62)53-46-51-35(31-70-46)24-41(59)57-12-10-56(2)11-13-57/h4-9,25,32,35-36,40,43,46,51,54-55H,10-24,26-31H2,1-3H3,(H,48,60)(H2,49,52,61)(H2,50,53,62)/t32?,35?,36?,40-,43?,46?/m1/s1. The molecule has 0 bridgehead atoms. The molecule has 25 heteroatoms. The highest BCUT2D eigenvalue weighted by Crippen LogP contribution is 2.26. The van der Waals surface area contributed by atoms with Crippen LogP contribution < -0.4 is 52.3 Å². The summed E-state index contributed by atoms with van der Waals surface area (Å²) in [6, 6.07) is 11.1. The lowest BCUT2D eigenvalue weighted by Crippen LogP contribution is -2.54. The number of ether oxygens (including phenoxy) is 7. The predicted octanol–water partition coefficient (Wildman–Crippen LogP) is 0.957. The highest BCUT2D eigenvalue weighted by Gasteiger charge is 2.32. The highest BCUT2D eigenvalue weighted by atomic mass is 32.2. The van der Waals surface area contributed by atoms with Gasteiger partial charge in [-0.15, -0.1) is 23.5 Å². The zero-order chi connectivity index (χ0) is 50.2. The Kier molecular flexibility index (Phi) is 24.2. The van der Waals surface area contributed by atoms with Crippen LogP contribution in [0.3, 0.4) is 0 Å². The summed E-state index contributed by atoms with van der Waals surface area (Å²) in [4.78, 5) is 54.7. The van der Waals surface area contributed by atoms with Crippen molar-refractivity contribution in [3.8, 4) is 11.5 Å². The molecule has 0 spiro atoms. The number of nitrogens with one attached hydrogen (secondary N) is 8. The third-order valence-corrected chi connectivity index (χ3v) is 14.5. The number of piperazine rings is 1. The number of hydrazine groups is 2.